The van der Waals surface area contributed by atoms with Crippen LogP contribution < -0.4 is 0 Å². The average Bonchev–Trinajstić information content (AvgIpc) is 3.28. The van der Waals surface area contributed by atoms with Crippen molar-refractivity contribution < 1.29 is 14.7 Å². The van der Waals surface area contributed by atoms with Gasteiger partial charge in [-0.05, 0) is 24.7 Å². The number of likely N-dealkylation sites (tertiary alicyclic amines) is 2. The predicted molar refractivity (Wildman–Crippen MR) is 91.0 cm³/mol. The monoisotopic (exact) mass is 340 g/mol. The summed E-state index contributed by atoms with van der Waals surface area (Å²) in [4.78, 5) is 28.6. The van der Waals surface area contributed by atoms with E-state index in [1.54, 1.807) is 23.4 Å². The van der Waals surface area contributed by atoms with Gasteiger partial charge in [-0.25, -0.2) is 0 Å². The number of hydrogen-bond donors (Lipinski definition) is 2. The summed E-state index contributed by atoms with van der Waals surface area (Å²) < 4.78 is 0. The number of benzene rings is 1. The number of carboxylic acids is 1. The van der Waals surface area contributed by atoms with E-state index in [4.69, 9.17) is 0 Å². The Morgan fingerprint density at radius 2 is 2.12 bits per heavy atom. The minimum absolute atomic E-state index is 0.0176. The van der Waals surface area contributed by atoms with E-state index in [9.17, 15) is 14.7 Å². The van der Waals surface area contributed by atoms with Gasteiger partial charge in [-0.15, -0.1) is 0 Å². The molecule has 2 N–H and O–H groups in total. The Hall–Kier alpha value is -2.67. The zero-order valence-corrected chi connectivity index (χ0v) is 14.0. The van der Waals surface area contributed by atoms with Crippen molar-refractivity contribution in [2.75, 3.05) is 33.2 Å². The van der Waals surface area contributed by atoms with Crippen LogP contribution >= 0.6 is 0 Å². The molecule has 0 bridgehead atoms. The summed E-state index contributed by atoms with van der Waals surface area (Å²) in [6, 6.07) is 7.38. The van der Waals surface area contributed by atoms with Crippen LogP contribution in [0.2, 0.25) is 0 Å². The van der Waals surface area contributed by atoms with E-state index in [1.165, 1.54) is 0 Å². The Labute approximate surface area is 145 Å². The lowest BCUT2D eigenvalue weighted by molar-refractivity contribution is -0.148. The van der Waals surface area contributed by atoms with Crippen LogP contribution in [0.4, 0.5) is 0 Å². The molecule has 130 valence electrons. The summed E-state index contributed by atoms with van der Waals surface area (Å²) >= 11 is 0. The molecule has 0 aliphatic carbocycles. The Balaban J connectivity index is 1.59. The van der Waals surface area contributed by atoms with E-state index < -0.39 is 11.4 Å². The van der Waals surface area contributed by atoms with Crippen molar-refractivity contribution in [2.24, 2.45) is 11.3 Å². The van der Waals surface area contributed by atoms with E-state index in [1.807, 2.05) is 30.1 Å². The molecule has 2 fully saturated rings. The number of aliphatic carboxylic acids is 1. The quantitative estimate of drug-likeness (QED) is 0.875. The second-order valence-electron chi connectivity index (χ2n) is 7.11. The van der Waals surface area contributed by atoms with E-state index in [2.05, 4.69) is 10.2 Å². The van der Waals surface area contributed by atoms with Crippen LogP contribution in [0.15, 0.2) is 36.7 Å². The SMILES string of the molecule is CN1C[C@H]2CN(C(=O)c3cccc(-c4cn[nH]c4)c3)C[C@@]2(C(=O)O)C1. The lowest BCUT2D eigenvalue weighted by atomic mass is 9.81. The molecule has 2 aromatic rings. The second-order valence-corrected chi connectivity index (χ2v) is 7.11. The third-order valence-corrected chi connectivity index (χ3v) is 5.43. The van der Waals surface area contributed by atoms with Crippen LogP contribution in [0.1, 0.15) is 10.4 Å². The first-order chi connectivity index (χ1) is 12.0. The van der Waals surface area contributed by atoms with Gasteiger partial charge in [0.1, 0.15) is 5.41 Å². The van der Waals surface area contributed by atoms with Crippen molar-refractivity contribution in [3.05, 3.63) is 42.2 Å². The summed E-state index contributed by atoms with van der Waals surface area (Å²) in [5.41, 5.74) is 1.56. The van der Waals surface area contributed by atoms with Crippen LogP contribution in [-0.2, 0) is 4.79 Å². The van der Waals surface area contributed by atoms with Crippen LogP contribution in [0.25, 0.3) is 11.1 Å². The Morgan fingerprint density at radius 1 is 1.28 bits per heavy atom. The number of carbonyl (C=O) groups excluding carboxylic acids is 1. The van der Waals surface area contributed by atoms with Gasteiger partial charge >= 0.3 is 5.97 Å². The second kappa shape index (κ2) is 5.70. The van der Waals surface area contributed by atoms with Crippen molar-refractivity contribution in [1.29, 1.82) is 0 Å². The number of nitrogens with zero attached hydrogens (tertiary/aromatic N) is 3. The number of rotatable bonds is 3. The van der Waals surface area contributed by atoms with Crippen molar-refractivity contribution in [2.45, 2.75) is 0 Å². The molecule has 3 heterocycles. The van der Waals surface area contributed by atoms with E-state index >= 15 is 0 Å². The summed E-state index contributed by atoms with van der Waals surface area (Å²) in [5, 5.41) is 16.5. The maximum Gasteiger partial charge on any atom is 0.313 e. The van der Waals surface area contributed by atoms with E-state index in [0.717, 1.165) is 11.1 Å². The Kier molecular flexibility index (Phi) is 3.61. The topological polar surface area (TPSA) is 89.5 Å². The molecule has 25 heavy (non-hydrogen) atoms. The average molecular weight is 340 g/mol. The van der Waals surface area contributed by atoms with E-state index in [0.29, 0.717) is 25.2 Å². The molecule has 4 rings (SSSR count). The standard InChI is InChI=1S/C18H20N4O3/c1-21-8-15-9-22(11-18(15,10-21)17(24)25)16(23)13-4-2-3-12(5-13)14-6-19-20-7-14/h2-7,15H,8-11H2,1H3,(H,19,20)(H,24,25)/t15-,18-/m0/s1. The van der Waals surface area contributed by atoms with E-state index in [-0.39, 0.29) is 18.4 Å². The summed E-state index contributed by atoms with van der Waals surface area (Å²) in [7, 11) is 1.93. The number of hydrogen-bond acceptors (Lipinski definition) is 4. The molecule has 1 aromatic carbocycles. The lowest BCUT2D eigenvalue weighted by Gasteiger charge is -2.24. The summed E-state index contributed by atoms with van der Waals surface area (Å²) in [5.74, 6) is -0.927. The Bertz CT molecular complexity index is 819. The van der Waals surface area contributed by atoms with Gasteiger partial charge in [-0.2, -0.15) is 5.10 Å². The van der Waals surface area contributed by atoms with Crippen LogP contribution in [0.5, 0.6) is 0 Å². The fraction of sp³-hybridized carbons (Fsp3) is 0.389. The van der Waals surface area contributed by atoms with Gasteiger partial charge in [0, 0.05) is 49.4 Å². The zero-order chi connectivity index (χ0) is 17.6. The summed E-state index contributed by atoms with van der Waals surface area (Å²) in [6.45, 7) is 1.97. The van der Waals surface area contributed by atoms with Gasteiger partial charge in [0.2, 0.25) is 0 Å². The number of aromatic nitrogens is 2. The van der Waals surface area contributed by atoms with Crippen molar-refractivity contribution >= 4 is 11.9 Å². The van der Waals surface area contributed by atoms with Gasteiger partial charge in [0.25, 0.3) is 5.91 Å². The number of aromatic amines is 1. The highest BCUT2D eigenvalue weighted by atomic mass is 16.4. The molecule has 7 heteroatoms. The maximum absolute atomic E-state index is 12.9. The Morgan fingerprint density at radius 3 is 2.80 bits per heavy atom. The van der Waals surface area contributed by atoms with Gasteiger partial charge in [0.05, 0.1) is 6.20 Å². The fourth-order valence-electron chi connectivity index (χ4n) is 4.20. The predicted octanol–water partition coefficient (Wildman–Crippen LogP) is 1.17. The van der Waals surface area contributed by atoms with Gasteiger partial charge in [-0.3, -0.25) is 14.7 Å². The first kappa shape index (κ1) is 15.8. The molecule has 1 amide bonds. The number of nitrogens with one attached hydrogen (secondary N) is 1. The largest absolute Gasteiger partial charge is 0.481 e. The number of H-pyrrole nitrogens is 1. The number of amides is 1. The number of carbonyl (C=O) groups is 2. The molecule has 0 radical (unpaired) electrons. The highest BCUT2D eigenvalue weighted by molar-refractivity contribution is 5.96. The third-order valence-electron chi connectivity index (χ3n) is 5.43. The van der Waals surface area contributed by atoms with Gasteiger partial charge in [0.15, 0.2) is 0 Å². The molecular formula is C18H20N4O3. The zero-order valence-electron chi connectivity index (χ0n) is 14.0. The first-order valence-electron chi connectivity index (χ1n) is 8.30. The first-order valence-corrected chi connectivity index (χ1v) is 8.30. The minimum atomic E-state index is -0.841. The fourth-order valence-corrected chi connectivity index (χ4v) is 4.20. The molecule has 0 spiro atoms. The van der Waals surface area contributed by atoms with Crippen LogP contribution in [-0.4, -0.2) is 70.2 Å². The maximum atomic E-state index is 12.9. The molecule has 2 aliphatic heterocycles. The van der Waals surface area contributed by atoms with Crippen molar-refractivity contribution in [3.8, 4) is 11.1 Å². The third kappa shape index (κ3) is 2.51. The normalized spacial score (nSPS) is 26.0. The van der Waals surface area contributed by atoms with Gasteiger partial charge < -0.3 is 14.9 Å². The highest BCUT2D eigenvalue weighted by Crippen LogP contribution is 2.42. The van der Waals surface area contributed by atoms with Gasteiger partial charge in [-0.1, -0.05) is 12.1 Å². The molecule has 0 unspecified atom stereocenters. The molecule has 1 aromatic heterocycles. The molecular weight excluding hydrogens is 320 g/mol. The highest BCUT2D eigenvalue weighted by Gasteiger charge is 2.57. The molecule has 2 saturated heterocycles. The van der Waals surface area contributed by atoms with Crippen molar-refractivity contribution in [3.63, 3.8) is 0 Å². The molecule has 2 aliphatic rings. The smallest absolute Gasteiger partial charge is 0.313 e. The molecule has 2 atom stereocenters. The number of carboxylic acid groups (broad SMARTS) is 1. The minimum Gasteiger partial charge on any atom is -0.481 e. The lowest BCUT2D eigenvalue weighted by Crippen LogP contribution is -2.41. The van der Waals surface area contributed by atoms with Crippen LogP contribution in [0.3, 0.4) is 0 Å². The van der Waals surface area contributed by atoms with Crippen molar-refractivity contribution in [1.82, 2.24) is 20.0 Å². The van der Waals surface area contributed by atoms with Crippen LogP contribution in [0, 0.1) is 11.3 Å². The summed E-state index contributed by atoms with van der Waals surface area (Å²) in [6.07, 6.45) is 3.48. The molecule has 0 saturated carbocycles. The molecule has 7 nitrogen and oxygen atoms in total. The number of fused-ring (bicyclic) bond motifs is 1.